The Hall–Kier alpha value is -0.560. The molecule has 4 aliphatic carbocycles. The zero-order valence-electron chi connectivity index (χ0n) is 20.0. The van der Waals surface area contributed by atoms with Crippen LogP contribution in [0.4, 0.5) is 0 Å². The van der Waals surface area contributed by atoms with Crippen LogP contribution in [0.5, 0.6) is 0 Å². The van der Waals surface area contributed by atoms with Crippen LogP contribution in [0.25, 0.3) is 0 Å². The van der Waals surface area contributed by atoms with Gasteiger partial charge in [-0.2, -0.15) is 0 Å². The molecule has 0 amide bonds. The van der Waals surface area contributed by atoms with Crippen molar-refractivity contribution in [2.45, 2.75) is 99.0 Å². The summed E-state index contributed by atoms with van der Waals surface area (Å²) in [5.41, 5.74) is 2.51. The molecule has 3 fully saturated rings. The quantitative estimate of drug-likeness (QED) is 0.489. The minimum Gasteiger partial charge on any atom is -0.393 e. The maximum Gasteiger partial charge on any atom is 0.0577 e. The van der Waals surface area contributed by atoms with E-state index in [-0.39, 0.29) is 6.10 Å². The Morgan fingerprint density at radius 3 is 2.45 bits per heavy atom. The third kappa shape index (κ3) is 3.58. The normalized spacial score (nSPS) is 46.8. The zero-order valence-corrected chi connectivity index (χ0v) is 20.0. The van der Waals surface area contributed by atoms with Gasteiger partial charge in [-0.25, -0.2) is 0 Å². The number of fused-ring (bicyclic) bond motifs is 5. The topological polar surface area (TPSA) is 20.2 Å². The molecule has 0 radical (unpaired) electrons. The summed E-state index contributed by atoms with van der Waals surface area (Å²) in [6.45, 7) is 14.7. The Bertz CT molecular complexity index is 659. The second-order valence-electron chi connectivity index (χ2n) is 12.2. The van der Waals surface area contributed by atoms with Gasteiger partial charge in [0.15, 0.2) is 0 Å². The fraction of sp³-hybridized carbons (Fsp3) is 0.857. The first-order valence-electron chi connectivity index (χ1n) is 12.7. The van der Waals surface area contributed by atoms with E-state index in [2.05, 4.69) is 59.8 Å². The summed E-state index contributed by atoms with van der Waals surface area (Å²) in [4.78, 5) is 0. The standard InChI is InChI=1S/C28H46O/c1-18(2)19(3)7-8-20(4)24-11-12-25-23-10-9-21-17-22(29)13-15-27(21,5)26(23)14-16-28(24,25)6/h7-9,18-20,22-26,29H,10-17H2,1-6H3/t19-,20+,22?,23?,24?,25?,26?,27-,28+/m0/s1. The molecule has 29 heavy (non-hydrogen) atoms. The second-order valence-corrected chi connectivity index (χ2v) is 12.2. The average Bonchev–Trinajstić information content (AvgIpc) is 3.03. The number of hydrogen-bond acceptors (Lipinski definition) is 1. The van der Waals surface area contributed by atoms with E-state index in [0.717, 1.165) is 42.4 Å². The highest BCUT2D eigenvalue weighted by molar-refractivity contribution is 5.25. The lowest BCUT2D eigenvalue weighted by Crippen LogP contribution is -2.50. The predicted octanol–water partition coefficient (Wildman–Crippen LogP) is 7.41. The first-order valence-corrected chi connectivity index (χ1v) is 12.7. The maximum absolute atomic E-state index is 10.2. The summed E-state index contributed by atoms with van der Waals surface area (Å²) in [6.07, 6.45) is 17.7. The van der Waals surface area contributed by atoms with Crippen molar-refractivity contribution in [3.63, 3.8) is 0 Å². The highest BCUT2D eigenvalue weighted by Gasteiger charge is 2.58. The summed E-state index contributed by atoms with van der Waals surface area (Å²) < 4.78 is 0. The molecular formula is C28H46O. The first kappa shape index (κ1) is 21.7. The molecule has 4 aliphatic rings. The van der Waals surface area contributed by atoms with Crippen LogP contribution in [-0.4, -0.2) is 11.2 Å². The molecule has 0 aromatic heterocycles. The molecule has 9 atom stereocenters. The van der Waals surface area contributed by atoms with Gasteiger partial charge in [0.25, 0.3) is 0 Å². The molecule has 0 heterocycles. The molecule has 1 heteroatoms. The van der Waals surface area contributed by atoms with Crippen molar-refractivity contribution >= 4 is 0 Å². The van der Waals surface area contributed by atoms with Crippen LogP contribution in [0, 0.1) is 52.3 Å². The van der Waals surface area contributed by atoms with E-state index in [1.807, 2.05) is 0 Å². The summed E-state index contributed by atoms with van der Waals surface area (Å²) in [5.74, 6) is 5.63. The highest BCUT2D eigenvalue weighted by Crippen LogP contribution is 2.67. The average molecular weight is 399 g/mol. The molecule has 164 valence electrons. The zero-order chi connectivity index (χ0) is 21.0. The minimum atomic E-state index is -0.0866. The lowest BCUT2D eigenvalue weighted by atomic mass is 9.47. The Labute approximate surface area is 180 Å². The van der Waals surface area contributed by atoms with Crippen LogP contribution in [0.2, 0.25) is 0 Å². The van der Waals surface area contributed by atoms with E-state index in [1.54, 1.807) is 5.57 Å². The molecule has 0 bridgehead atoms. The smallest absolute Gasteiger partial charge is 0.0577 e. The maximum atomic E-state index is 10.2. The van der Waals surface area contributed by atoms with Crippen LogP contribution < -0.4 is 0 Å². The van der Waals surface area contributed by atoms with Crippen molar-refractivity contribution in [1.82, 2.24) is 0 Å². The summed E-state index contributed by atoms with van der Waals surface area (Å²) >= 11 is 0. The van der Waals surface area contributed by atoms with Crippen molar-refractivity contribution < 1.29 is 5.11 Å². The molecule has 0 aliphatic heterocycles. The number of allylic oxidation sites excluding steroid dienone is 3. The Morgan fingerprint density at radius 1 is 0.966 bits per heavy atom. The molecule has 3 saturated carbocycles. The fourth-order valence-corrected chi connectivity index (χ4v) is 8.25. The third-order valence-electron chi connectivity index (χ3n) is 10.6. The number of aliphatic hydroxyl groups excluding tert-OH is 1. The molecule has 5 unspecified atom stereocenters. The van der Waals surface area contributed by atoms with Crippen LogP contribution in [0.3, 0.4) is 0 Å². The van der Waals surface area contributed by atoms with Crippen LogP contribution in [-0.2, 0) is 0 Å². The second kappa shape index (κ2) is 7.85. The number of aliphatic hydroxyl groups is 1. The van der Waals surface area contributed by atoms with Gasteiger partial charge in [-0.3, -0.25) is 0 Å². The Balaban J connectivity index is 1.53. The van der Waals surface area contributed by atoms with Crippen molar-refractivity contribution in [2.75, 3.05) is 0 Å². The van der Waals surface area contributed by atoms with E-state index in [1.165, 1.54) is 38.5 Å². The van der Waals surface area contributed by atoms with E-state index in [0.29, 0.717) is 22.7 Å². The van der Waals surface area contributed by atoms with E-state index < -0.39 is 0 Å². The molecule has 1 N–H and O–H groups in total. The SMILES string of the molecule is CC(C)[C@@H](C)C=C[C@@H](C)C1CCC2C3CC=C4CC(O)CC[C@]4(C)C3CC[C@@]21C. The van der Waals surface area contributed by atoms with E-state index in [9.17, 15) is 5.11 Å². The van der Waals surface area contributed by atoms with Gasteiger partial charge in [0, 0.05) is 0 Å². The Kier molecular flexibility index (Phi) is 5.86. The van der Waals surface area contributed by atoms with Gasteiger partial charge in [0.05, 0.1) is 6.10 Å². The monoisotopic (exact) mass is 398 g/mol. The van der Waals surface area contributed by atoms with Gasteiger partial charge in [-0.1, -0.05) is 65.3 Å². The van der Waals surface area contributed by atoms with Gasteiger partial charge in [0.1, 0.15) is 0 Å². The fourth-order valence-electron chi connectivity index (χ4n) is 8.25. The van der Waals surface area contributed by atoms with Crippen molar-refractivity contribution in [3.05, 3.63) is 23.8 Å². The van der Waals surface area contributed by atoms with Crippen molar-refractivity contribution in [3.8, 4) is 0 Å². The highest BCUT2D eigenvalue weighted by atomic mass is 16.3. The molecular weight excluding hydrogens is 352 g/mol. The molecule has 0 spiro atoms. The number of hydrogen-bond donors (Lipinski definition) is 1. The first-order chi connectivity index (χ1) is 13.7. The van der Waals surface area contributed by atoms with Gasteiger partial charge >= 0.3 is 0 Å². The Morgan fingerprint density at radius 2 is 1.72 bits per heavy atom. The van der Waals surface area contributed by atoms with Gasteiger partial charge < -0.3 is 5.11 Å². The third-order valence-corrected chi connectivity index (χ3v) is 10.6. The van der Waals surface area contributed by atoms with Crippen LogP contribution in [0.1, 0.15) is 92.9 Å². The van der Waals surface area contributed by atoms with Gasteiger partial charge in [-0.15, -0.1) is 0 Å². The largest absolute Gasteiger partial charge is 0.393 e. The molecule has 0 aromatic carbocycles. The number of rotatable bonds is 4. The summed E-state index contributed by atoms with van der Waals surface area (Å²) in [6, 6.07) is 0. The van der Waals surface area contributed by atoms with E-state index in [4.69, 9.17) is 0 Å². The lowest BCUT2D eigenvalue weighted by molar-refractivity contribution is -0.0540. The van der Waals surface area contributed by atoms with Crippen molar-refractivity contribution in [2.24, 2.45) is 52.3 Å². The lowest BCUT2D eigenvalue weighted by Gasteiger charge is -2.58. The van der Waals surface area contributed by atoms with E-state index >= 15 is 0 Å². The molecule has 0 aromatic rings. The molecule has 1 nitrogen and oxygen atoms in total. The minimum absolute atomic E-state index is 0.0866. The predicted molar refractivity (Wildman–Crippen MR) is 124 cm³/mol. The molecule has 0 saturated heterocycles. The summed E-state index contributed by atoms with van der Waals surface area (Å²) in [7, 11) is 0. The van der Waals surface area contributed by atoms with Crippen LogP contribution >= 0.6 is 0 Å². The molecule has 4 rings (SSSR count). The van der Waals surface area contributed by atoms with Gasteiger partial charge in [-0.05, 0) is 104 Å². The summed E-state index contributed by atoms with van der Waals surface area (Å²) in [5, 5.41) is 10.2. The van der Waals surface area contributed by atoms with Crippen LogP contribution in [0.15, 0.2) is 23.8 Å². The van der Waals surface area contributed by atoms with Gasteiger partial charge in [0.2, 0.25) is 0 Å². The van der Waals surface area contributed by atoms with Crippen molar-refractivity contribution in [1.29, 1.82) is 0 Å².